The molecule has 0 aliphatic carbocycles. The molecule has 3 aromatic heterocycles. The average molecular weight is 659 g/mol. The van der Waals surface area contributed by atoms with Gasteiger partial charge in [0.05, 0.1) is 16.7 Å². The van der Waals surface area contributed by atoms with Crippen molar-refractivity contribution in [2.45, 2.75) is 72.1 Å². The lowest BCUT2D eigenvalue weighted by Gasteiger charge is -2.19. The second-order valence-corrected chi connectivity index (χ2v) is 13.1. The van der Waals surface area contributed by atoms with Gasteiger partial charge in [0, 0.05) is 39.3 Å². The Kier molecular flexibility index (Phi) is 12.0. The molecule has 0 radical (unpaired) electrons. The predicted molar refractivity (Wildman–Crippen MR) is 205 cm³/mol. The Balaban J connectivity index is 1.47. The van der Waals surface area contributed by atoms with Crippen LogP contribution in [-0.4, -0.2) is 44.7 Å². The summed E-state index contributed by atoms with van der Waals surface area (Å²) in [5.41, 5.74) is 8.65. The van der Waals surface area contributed by atoms with Crippen LogP contribution < -0.4 is 15.9 Å². The standard InChI is InChI=1S/C42H51FN6/c1-8-12-15-30(7)45-35(10-3)26-31(9-2)29(6)22-36-38(11-4)47-48-42(36)40-27-37-39(46-40)16-18-44-41(37)33-23-32(24-34(43)25-33)28(5)17-21-49-19-13-14-20-49/h9-11,16,18,22-28,45-47H,3,6-8,12-15,17,19-21H2,1-2,4-5H3/b31-9+,35-26+,36-22+,38-11+. The molecule has 0 spiro atoms. The van der Waals surface area contributed by atoms with E-state index in [2.05, 4.69) is 72.1 Å². The summed E-state index contributed by atoms with van der Waals surface area (Å²) in [4.78, 5) is 10.8. The summed E-state index contributed by atoms with van der Waals surface area (Å²) in [6, 6.07) is 9.38. The largest absolute Gasteiger partial charge is 0.359 e. The van der Waals surface area contributed by atoms with Gasteiger partial charge in [-0.05, 0) is 137 Å². The number of aromatic amines is 2. The van der Waals surface area contributed by atoms with Gasteiger partial charge in [-0.3, -0.25) is 10.1 Å². The van der Waals surface area contributed by atoms with Crippen LogP contribution in [0, 0.1) is 5.82 Å². The fraction of sp³-hybridized carbons (Fsp3) is 0.333. The van der Waals surface area contributed by atoms with Gasteiger partial charge in [-0.2, -0.15) is 5.10 Å². The second kappa shape index (κ2) is 16.6. The molecule has 49 heavy (non-hydrogen) atoms. The van der Waals surface area contributed by atoms with Crippen LogP contribution in [-0.2, 0) is 0 Å². The molecule has 1 aliphatic heterocycles. The molecule has 1 aromatic carbocycles. The number of nitrogens with zero attached hydrogens (tertiary/aromatic N) is 3. The van der Waals surface area contributed by atoms with Crippen LogP contribution in [0.25, 0.3) is 45.7 Å². The first kappa shape index (κ1) is 35.6. The quantitative estimate of drug-likeness (QED) is 0.112. The van der Waals surface area contributed by atoms with Gasteiger partial charge in [0.15, 0.2) is 0 Å². The molecule has 256 valence electrons. The molecule has 3 N–H and O–H groups in total. The third-order valence-electron chi connectivity index (χ3n) is 9.45. The lowest BCUT2D eigenvalue weighted by molar-refractivity contribution is 0.324. The molecule has 1 atom stereocenters. The van der Waals surface area contributed by atoms with E-state index in [4.69, 9.17) is 10.1 Å². The SMILES string of the molecule is C=C/C(=C\C(=C/C)C(=C)/C=c1/c(-c2cc3c(-c4cc(F)cc(C(C)CCN5CCCC5)c4)nccc3[nH]2)n[nH]/c1=C/C)NC(=C)CCCC. The fourth-order valence-electron chi connectivity index (χ4n) is 6.52. The van der Waals surface area contributed by atoms with Gasteiger partial charge in [-0.15, -0.1) is 0 Å². The Morgan fingerprint density at radius 1 is 1.12 bits per heavy atom. The van der Waals surface area contributed by atoms with E-state index in [0.29, 0.717) is 0 Å². The zero-order chi connectivity index (χ0) is 34.9. The van der Waals surface area contributed by atoms with E-state index < -0.39 is 0 Å². The Bertz CT molecular complexity index is 2000. The number of likely N-dealkylation sites (tertiary alicyclic amines) is 1. The zero-order valence-electron chi connectivity index (χ0n) is 29.6. The first-order valence-electron chi connectivity index (χ1n) is 17.6. The van der Waals surface area contributed by atoms with Gasteiger partial charge in [-0.1, -0.05) is 52.2 Å². The third kappa shape index (κ3) is 8.65. The van der Waals surface area contributed by atoms with Gasteiger partial charge < -0.3 is 15.2 Å². The van der Waals surface area contributed by atoms with E-state index in [-0.39, 0.29) is 11.7 Å². The molecule has 4 aromatic rings. The Hall–Kier alpha value is -4.75. The molecule has 1 saturated heterocycles. The average Bonchev–Trinajstić information content (AvgIpc) is 3.87. The summed E-state index contributed by atoms with van der Waals surface area (Å²) >= 11 is 0. The van der Waals surface area contributed by atoms with E-state index in [1.807, 2.05) is 38.1 Å². The lowest BCUT2D eigenvalue weighted by Crippen LogP contribution is -2.23. The maximum absolute atomic E-state index is 15.1. The number of fused-ring (bicyclic) bond motifs is 1. The summed E-state index contributed by atoms with van der Waals surface area (Å²) in [7, 11) is 0. The van der Waals surface area contributed by atoms with Gasteiger partial charge in [0.25, 0.3) is 0 Å². The maximum atomic E-state index is 15.1. The highest BCUT2D eigenvalue weighted by Crippen LogP contribution is 2.33. The molecule has 0 saturated carbocycles. The number of benzene rings is 1. The van der Waals surface area contributed by atoms with Crippen LogP contribution in [0.2, 0.25) is 0 Å². The van der Waals surface area contributed by atoms with Crippen molar-refractivity contribution >= 4 is 23.1 Å². The maximum Gasteiger partial charge on any atom is 0.124 e. The summed E-state index contributed by atoms with van der Waals surface area (Å²) in [5, 5.41) is 14.0. The number of hydrogen-bond acceptors (Lipinski definition) is 4. The lowest BCUT2D eigenvalue weighted by atomic mass is 9.94. The van der Waals surface area contributed by atoms with E-state index in [9.17, 15) is 0 Å². The molecule has 0 bridgehead atoms. The predicted octanol–water partition coefficient (Wildman–Crippen LogP) is 8.80. The Morgan fingerprint density at radius 2 is 1.92 bits per heavy atom. The third-order valence-corrected chi connectivity index (χ3v) is 9.45. The summed E-state index contributed by atoms with van der Waals surface area (Å²) in [6.07, 6.45) is 18.4. The molecule has 1 fully saturated rings. The highest BCUT2D eigenvalue weighted by Gasteiger charge is 2.18. The topological polar surface area (TPSA) is 72.6 Å². The highest BCUT2D eigenvalue weighted by atomic mass is 19.1. The minimum absolute atomic E-state index is 0.241. The fourth-order valence-corrected chi connectivity index (χ4v) is 6.52. The molecule has 5 rings (SSSR count). The molecule has 4 heterocycles. The van der Waals surface area contributed by atoms with Crippen molar-refractivity contribution in [1.82, 2.24) is 30.4 Å². The highest BCUT2D eigenvalue weighted by molar-refractivity contribution is 5.96. The first-order valence-corrected chi connectivity index (χ1v) is 17.6. The van der Waals surface area contributed by atoms with Crippen LogP contribution in [0.3, 0.4) is 0 Å². The first-order chi connectivity index (χ1) is 23.7. The minimum Gasteiger partial charge on any atom is -0.359 e. The number of allylic oxidation sites excluding steroid dienone is 6. The van der Waals surface area contributed by atoms with Crippen molar-refractivity contribution in [1.29, 1.82) is 0 Å². The van der Waals surface area contributed by atoms with Crippen molar-refractivity contribution in [2.75, 3.05) is 19.6 Å². The normalized spacial score (nSPS) is 15.7. The zero-order valence-corrected chi connectivity index (χ0v) is 29.6. The van der Waals surface area contributed by atoms with Gasteiger partial charge >= 0.3 is 0 Å². The number of unbranched alkanes of at least 4 members (excludes halogenated alkanes) is 1. The van der Waals surface area contributed by atoms with E-state index in [1.54, 1.807) is 24.4 Å². The smallest absolute Gasteiger partial charge is 0.124 e. The van der Waals surface area contributed by atoms with Crippen LogP contribution >= 0.6 is 0 Å². The summed E-state index contributed by atoms with van der Waals surface area (Å²) < 4.78 is 15.1. The van der Waals surface area contributed by atoms with E-state index in [1.165, 1.54) is 25.9 Å². The van der Waals surface area contributed by atoms with Crippen LogP contribution in [0.1, 0.15) is 77.7 Å². The van der Waals surface area contributed by atoms with E-state index in [0.717, 1.165) is 104 Å². The van der Waals surface area contributed by atoms with Crippen LogP contribution in [0.5, 0.6) is 0 Å². The van der Waals surface area contributed by atoms with Crippen molar-refractivity contribution < 1.29 is 4.39 Å². The summed E-state index contributed by atoms with van der Waals surface area (Å²) in [6.45, 7) is 24.3. The summed E-state index contributed by atoms with van der Waals surface area (Å²) in [5.74, 6) is -0.0000391. The number of halogens is 1. The van der Waals surface area contributed by atoms with Crippen LogP contribution in [0.4, 0.5) is 4.39 Å². The van der Waals surface area contributed by atoms with Crippen molar-refractivity contribution in [2.24, 2.45) is 0 Å². The van der Waals surface area contributed by atoms with Gasteiger partial charge in [0.2, 0.25) is 0 Å². The molecule has 1 aliphatic rings. The molecule has 7 heteroatoms. The molecular weight excluding hydrogens is 608 g/mol. The molecule has 0 amide bonds. The van der Waals surface area contributed by atoms with Gasteiger partial charge in [0.1, 0.15) is 11.5 Å². The second-order valence-electron chi connectivity index (χ2n) is 13.1. The molecule has 6 nitrogen and oxygen atoms in total. The number of rotatable bonds is 15. The number of pyridine rings is 1. The Labute approximate surface area is 290 Å². The molecule has 1 unspecified atom stereocenters. The van der Waals surface area contributed by atoms with Crippen LogP contribution in [0.15, 0.2) is 97.0 Å². The monoisotopic (exact) mass is 658 g/mol. The van der Waals surface area contributed by atoms with Gasteiger partial charge in [-0.25, -0.2) is 4.39 Å². The van der Waals surface area contributed by atoms with Crippen molar-refractivity contribution in [3.8, 4) is 22.6 Å². The number of aromatic nitrogens is 4. The van der Waals surface area contributed by atoms with E-state index >= 15 is 4.39 Å². The van der Waals surface area contributed by atoms with Crippen molar-refractivity contribution in [3.63, 3.8) is 0 Å². The number of hydrogen-bond donors (Lipinski definition) is 3. The number of H-pyrrole nitrogens is 2. The minimum atomic E-state index is -0.241. The number of nitrogens with one attached hydrogen (secondary N) is 3. The van der Waals surface area contributed by atoms with Crippen molar-refractivity contribution in [3.05, 3.63) is 119 Å². The molecular formula is C42H51FN6. The Morgan fingerprint density at radius 3 is 2.63 bits per heavy atom.